The highest BCUT2D eigenvalue weighted by Crippen LogP contribution is 2.30. The first-order valence-corrected chi connectivity index (χ1v) is 9.46. The standard InChI is InChI=1S/C21H27N5O/c1-13-22-17-7-6-14(10-18(17)27-13)16-8-9-19(25-24-16)23-15-11-20(2,3)26-21(4,5)12-15/h6-10,15,26H,11-12H2,1-5H3,(H,23,25). The first-order chi connectivity index (χ1) is 12.7. The van der Waals surface area contributed by atoms with Crippen molar-refractivity contribution in [3.63, 3.8) is 0 Å². The molecule has 3 heterocycles. The molecule has 0 atom stereocenters. The number of nitrogens with zero attached hydrogens (tertiary/aromatic N) is 3. The number of oxazole rings is 1. The van der Waals surface area contributed by atoms with Crippen molar-refractivity contribution in [2.45, 2.75) is 64.6 Å². The van der Waals surface area contributed by atoms with Gasteiger partial charge in [-0.25, -0.2) is 4.98 Å². The molecule has 0 spiro atoms. The highest BCUT2D eigenvalue weighted by atomic mass is 16.3. The van der Waals surface area contributed by atoms with Crippen molar-refractivity contribution >= 4 is 16.9 Å². The van der Waals surface area contributed by atoms with Gasteiger partial charge in [0.2, 0.25) is 0 Å². The average Bonchev–Trinajstić information content (AvgIpc) is 2.91. The second-order valence-electron chi connectivity index (χ2n) is 8.86. The summed E-state index contributed by atoms with van der Waals surface area (Å²) in [5.74, 6) is 1.48. The van der Waals surface area contributed by atoms with Crippen molar-refractivity contribution in [1.82, 2.24) is 20.5 Å². The molecule has 1 aliphatic rings. The third kappa shape index (κ3) is 3.95. The Balaban J connectivity index is 1.51. The zero-order valence-corrected chi connectivity index (χ0v) is 16.6. The number of piperidine rings is 1. The lowest BCUT2D eigenvalue weighted by Crippen LogP contribution is -2.60. The van der Waals surface area contributed by atoms with Gasteiger partial charge in [0, 0.05) is 29.6 Å². The number of fused-ring (bicyclic) bond motifs is 1. The van der Waals surface area contributed by atoms with E-state index in [0.29, 0.717) is 11.9 Å². The summed E-state index contributed by atoms with van der Waals surface area (Å²) in [5.41, 5.74) is 3.62. The van der Waals surface area contributed by atoms with Crippen LogP contribution in [0.1, 0.15) is 46.4 Å². The molecule has 142 valence electrons. The molecule has 0 bridgehead atoms. The third-order valence-corrected chi connectivity index (χ3v) is 5.00. The van der Waals surface area contributed by atoms with Crippen LogP contribution < -0.4 is 10.6 Å². The number of rotatable bonds is 3. The number of hydrogen-bond donors (Lipinski definition) is 2. The first kappa shape index (κ1) is 17.9. The summed E-state index contributed by atoms with van der Waals surface area (Å²) in [4.78, 5) is 4.33. The lowest BCUT2D eigenvalue weighted by atomic mass is 9.79. The Bertz CT molecular complexity index is 942. The smallest absolute Gasteiger partial charge is 0.192 e. The first-order valence-electron chi connectivity index (χ1n) is 9.46. The van der Waals surface area contributed by atoms with E-state index in [-0.39, 0.29) is 11.1 Å². The molecule has 0 saturated carbocycles. The molecule has 0 amide bonds. The highest BCUT2D eigenvalue weighted by Gasteiger charge is 2.37. The molecule has 0 unspecified atom stereocenters. The molecular weight excluding hydrogens is 338 g/mol. The minimum atomic E-state index is 0.0946. The molecule has 1 fully saturated rings. The summed E-state index contributed by atoms with van der Waals surface area (Å²) in [6, 6.07) is 10.3. The molecule has 1 saturated heterocycles. The van der Waals surface area contributed by atoms with Crippen LogP contribution in [0.2, 0.25) is 0 Å². The van der Waals surface area contributed by atoms with E-state index in [9.17, 15) is 0 Å². The van der Waals surface area contributed by atoms with E-state index >= 15 is 0 Å². The van der Waals surface area contributed by atoms with Gasteiger partial charge in [-0.05, 0) is 64.8 Å². The Morgan fingerprint density at radius 3 is 2.44 bits per heavy atom. The van der Waals surface area contributed by atoms with E-state index in [0.717, 1.165) is 41.0 Å². The van der Waals surface area contributed by atoms with Gasteiger partial charge in [0.25, 0.3) is 0 Å². The van der Waals surface area contributed by atoms with Crippen molar-refractivity contribution in [2.75, 3.05) is 5.32 Å². The van der Waals surface area contributed by atoms with Gasteiger partial charge in [-0.3, -0.25) is 0 Å². The Morgan fingerprint density at radius 1 is 1.04 bits per heavy atom. The quantitative estimate of drug-likeness (QED) is 0.720. The highest BCUT2D eigenvalue weighted by molar-refractivity contribution is 5.79. The maximum absolute atomic E-state index is 5.62. The van der Waals surface area contributed by atoms with E-state index in [4.69, 9.17) is 4.42 Å². The van der Waals surface area contributed by atoms with E-state index in [1.165, 1.54) is 0 Å². The number of hydrogen-bond acceptors (Lipinski definition) is 6. The summed E-state index contributed by atoms with van der Waals surface area (Å²) in [6.45, 7) is 10.8. The van der Waals surface area contributed by atoms with Crippen LogP contribution in [0.3, 0.4) is 0 Å². The van der Waals surface area contributed by atoms with Crippen LogP contribution in [-0.4, -0.2) is 32.3 Å². The Morgan fingerprint density at radius 2 is 1.78 bits per heavy atom. The molecule has 6 heteroatoms. The van der Waals surface area contributed by atoms with Gasteiger partial charge < -0.3 is 15.1 Å². The Hall–Kier alpha value is -2.47. The molecule has 0 radical (unpaired) electrons. The Labute approximate surface area is 159 Å². The number of aryl methyl sites for hydroxylation is 1. The van der Waals surface area contributed by atoms with E-state index < -0.39 is 0 Å². The second kappa shape index (κ2) is 6.30. The zero-order chi connectivity index (χ0) is 19.2. The third-order valence-electron chi connectivity index (χ3n) is 5.00. The minimum Gasteiger partial charge on any atom is -0.441 e. The number of nitrogens with one attached hydrogen (secondary N) is 2. The summed E-state index contributed by atoms with van der Waals surface area (Å²) in [7, 11) is 0. The topological polar surface area (TPSA) is 75.9 Å². The van der Waals surface area contributed by atoms with Crippen molar-refractivity contribution in [3.8, 4) is 11.3 Å². The number of benzene rings is 1. The molecule has 2 aromatic heterocycles. The fourth-order valence-corrected chi connectivity index (χ4v) is 4.40. The number of aromatic nitrogens is 3. The predicted octanol–water partition coefficient (Wildman–Crippen LogP) is 4.31. The Kier molecular flexibility index (Phi) is 4.18. The minimum absolute atomic E-state index is 0.0946. The molecule has 3 aromatic rings. The average molecular weight is 365 g/mol. The van der Waals surface area contributed by atoms with Gasteiger partial charge in [-0.1, -0.05) is 6.07 Å². The lowest BCUT2D eigenvalue weighted by molar-refractivity contribution is 0.170. The van der Waals surface area contributed by atoms with Crippen LogP contribution in [0.25, 0.3) is 22.4 Å². The fourth-order valence-electron chi connectivity index (χ4n) is 4.40. The van der Waals surface area contributed by atoms with Crippen LogP contribution in [0.15, 0.2) is 34.7 Å². The SMILES string of the molecule is Cc1nc2ccc(-c3ccc(NC4CC(C)(C)NC(C)(C)C4)nn3)cc2o1. The van der Waals surface area contributed by atoms with E-state index in [1.807, 2.05) is 37.3 Å². The largest absolute Gasteiger partial charge is 0.441 e. The van der Waals surface area contributed by atoms with Crippen LogP contribution >= 0.6 is 0 Å². The van der Waals surface area contributed by atoms with Gasteiger partial charge in [-0.15, -0.1) is 10.2 Å². The molecule has 1 aromatic carbocycles. The van der Waals surface area contributed by atoms with Gasteiger partial charge in [0.05, 0.1) is 5.69 Å². The molecule has 6 nitrogen and oxygen atoms in total. The molecule has 1 aliphatic heterocycles. The zero-order valence-electron chi connectivity index (χ0n) is 16.6. The summed E-state index contributed by atoms with van der Waals surface area (Å²) in [6.07, 6.45) is 2.09. The van der Waals surface area contributed by atoms with Crippen LogP contribution in [0, 0.1) is 6.92 Å². The van der Waals surface area contributed by atoms with E-state index in [2.05, 4.69) is 53.5 Å². The summed E-state index contributed by atoms with van der Waals surface area (Å²) >= 11 is 0. The van der Waals surface area contributed by atoms with E-state index in [1.54, 1.807) is 0 Å². The van der Waals surface area contributed by atoms with Crippen LogP contribution in [0.5, 0.6) is 0 Å². The monoisotopic (exact) mass is 365 g/mol. The maximum Gasteiger partial charge on any atom is 0.192 e. The summed E-state index contributed by atoms with van der Waals surface area (Å²) < 4.78 is 5.62. The van der Waals surface area contributed by atoms with Crippen molar-refractivity contribution in [3.05, 3.63) is 36.2 Å². The van der Waals surface area contributed by atoms with Crippen LogP contribution in [-0.2, 0) is 0 Å². The van der Waals surface area contributed by atoms with Gasteiger partial charge >= 0.3 is 0 Å². The normalized spacial score (nSPS) is 19.3. The molecular formula is C21H27N5O. The fraction of sp³-hybridized carbons (Fsp3) is 0.476. The molecule has 27 heavy (non-hydrogen) atoms. The van der Waals surface area contributed by atoms with Crippen molar-refractivity contribution < 1.29 is 4.42 Å². The van der Waals surface area contributed by atoms with Gasteiger partial charge in [0.15, 0.2) is 11.5 Å². The lowest BCUT2D eigenvalue weighted by Gasteiger charge is -2.46. The van der Waals surface area contributed by atoms with Gasteiger partial charge in [-0.2, -0.15) is 0 Å². The molecule has 2 N–H and O–H groups in total. The van der Waals surface area contributed by atoms with Crippen LogP contribution in [0.4, 0.5) is 5.82 Å². The maximum atomic E-state index is 5.62. The number of anilines is 1. The molecule has 4 rings (SSSR count). The van der Waals surface area contributed by atoms with Gasteiger partial charge in [0.1, 0.15) is 11.3 Å². The predicted molar refractivity (Wildman–Crippen MR) is 108 cm³/mol. The summed E-state index contributed by atoms with van der Waals surface area (Å²) in [5, 5.41) is 16.1. The van der Waals surface area contributed by atoms with Crippen molar-refractivity contribution in [1.29, 1.82) is 0 Å². The van der Waals surface area contributed by atoms with Crippen molar-refractivity contribution in [2.24, 2.45) is 0 Å². The second-order valence-corrected chi connectivity index (χ2v) is 8.86. The molecule has 0 aliphatic carbocycles.